The molecule has 0 aromatic rings. The molecule has 0 spiro atoms. The number of ketones is 1. The van der Waals surface area contributed by atoms with E-state index in [0.29, 0.717) is 17.1 Å². The zero-order chi connectivity index (χ0) is 23.3. The number of carbonyl (C=O) groups excluding carboxylic acids is 1. The highest BCUT2D eigenvalue weighted by Crippen LogP contribution is 2.68. The number of hydrogen-bond acceptors (Lipinski definition) is 2. The van der Waals surface area contributed by atoms with Gasteiger partial charge < -0.3 is 4.90 Å². The molecule has 0 aromatic carbocycles. The normalized spacial score (nSPS) is 42.5. The highest BCUT2D eigenvalue weighted by atomic mass is 16.1. The summed E-state index contributed by atoms with van der Waals surface area (Å²) in [6.45, 7) is 13.7. The molecule has 0 aliphatic heterocycles. The Kier molecular flexibility index (Phi) is 7.04. The molecular weight excluding hydrogens is 390 g/mol. The standard InChI is InChI=1S/C30H51NO/c1-20(2)9-8-10-21(3)25-11-12-26-24-17-22(19-31(6)7)28-18-23(32)13-15-30(28,5)27(24)14-16-29(25,26)4/h18,20-22,24-27H,8-17,19H2,1-7H3/t21-,22-,24+,25-,26+,27+,29-,30-/m1/s1. The van der Waals surface area contributed by atoms with E-state index in [0.717, 1.165) is 54.9 Å². The van der Waals surface area contributed by atoms with Crippen molar-refractivity contribution in [3.05, 3.63) is 11.6 Å². The van der Waals surface area contributed by atoms with Gasteiger partial charge in [-0.25, -0.2) is 0 Å². The molecule has 2 heteroatoms. The van der Waals surface area contributed by atoms with Crippen LogP contribution in [0.15, 0.2) is 11.6 Å². The summed E-state index contributed by atoms with van der Waals surface area (Å²) in [6.07, 6.45) is 15.3. The third-order valence-corrected chi connectivity index (χ3v) is 10.9. The maximum atomic E-state index is 12.4. The first-order valence-corrected chi connectivity index (χ1v) is 14.0. The summed E-state index contributed by atoms with van der Waals surface area (Å²) in [4.78, 5) is 14.8. The molecule has 0 N–H and O–H groups in total. The van der Waals surface area contributed by atoms with Crippen molar-refractivity contribution in [1.29, 1.82) is 0 Å². The van der Waals surface area contributed by atoms with Gasteiger partial charge in [-0.15, -0.1) is 0 Å². The van der Waals surface area contributed by atoms with Crippen LogP contribution < -0.4 is 0 Å². The maximum absolute atomic E-state index is 12.4. The van der Waals surface area contributed by atoms with E-state index in [9.17, 15) is 4.79 Å². The monoisotopic (exact) mass is 441 g/mol. The van der Waals surface area contributed by atoms with Crippen LogP contribution >= 0.6 is 0 Å². The van der Waals surface area contributed by atoms with E-state index >= 15 is 0 Å². The first kappa shape index (κ1) is 24.5. The maximum Gasteiger partial charge on any atom is 0.155 e. The first-order chi connectivity index (χ1) is 15.1. The van der Waals surface area contributed by atoms with E-state index in [2.05, 4.69) is 59.7 Å². The van der Waals surface area contributed by atoms with Crippen LogP contribution in [-0.2, 0) is 4.79 Å². The smallest absolute Gasteiger partial charge is 0.155 e. The lowest BCUT2D eigenvalue weighted by molar-refractivity contribution is -0.118. The Morgan fingerprint density at radius 2 is 1.78 bits per heavy atom. The third-order valence-electron chi connectivity index (χ3n) is 10.9. The third kappa shape index (κ3) is 4.27. The van der Waals surface area contributed by atoms with Crippen LogP contribution in [0.2, 0.25) is 0 Å². The van der Waals surface area contributed by atoms with Crippen molar-refractivity contribution in [2.24, 2.45) is 52.3 Å². The van der Waals surface area contributed by atoms with E-state index in [4.69, 9.17) is 0 Å². The van der Waals surface area contributed by atoms with Crippen LogP contribution in [0.4, 0.5) is 0 Å². The minimum Gasteiger partial charge on any atom is -0.309 e. The van der Waals surface area contributed by atoms with Crippen LogP contribution in [0.1, 0.15) is 98.8 Å². The van der Waals surface area contributed by atoms with Gasteiger partial charge in [0.05, 0.1) is 0 Å². The molecule has 3 saturated carbocycles. The fraction of sp³-hybridized carbons (Fsp3) is 0.900. The number of nitrogens with zero attached hydrogens (tertiary/aromatic N) is 1. The minimum atomic E-state index is 0.264. The van der Waals surface area contributed by atoms with Gasteiger partial charge in [0.1, 0.15) is 0 Å². The summed E-state index contributed by atoms with van der Waals surface area (Å²) in [5, 5.41) is 0. The SMILES string of the molecule is CC(C)CCC[C@@H](C)[C@H]1CC[C@H]2[C@@H]3C[C@H](CN(C)C)C4=CC(=O)CC[C@]4(C)[C@H]3CC[C@]12C. The fourth-order valence-corrected chi connectivity index (χ4v) is 9.42. The second-order valence-electron chi connectivity index (χ2n) is 13.6. The second kappa shape index (κ2) is 9.20. The van der Waals surface area contributed by atoms with Gasteiger partial charge in [-0.1, -0.05) is 59.5 Å². The van der Waals surface area contributed by atoms with E-state index < -0.39 is 0 Å². The lowest BCUT2D eigenvalue weighted by Gasteiger charge is -2.60. The largest absolute Gasteiger partial charge is 0.309 e. The van der Waals surface area contributed by atoms with Gasteiger partial charge in [0.25, 0.3) is 0 Å². The summed E-state index contributed by atoms with van der Waals surface area (Å²) in [5.74, 6) is 6.16. The average molecular weight is 442 g/mol. The van der Waals surface area contributed by atoms with Crippen molar-refractivity contribution >= 4 is 5.78 Å². The van der Waals surface area contributed by atoms with Crippen molar-refractivity contribution in [2.45, 2.75) is 98.8 Å². The summed E-state index contributed by atoms with van der Waals surface area (Å²) in [6, 6.07) is 0. The molecule has 0 unspecified atom stereocenters. The van der Waals surface area contributed by atoms with Gasteiger partial charge in [0.15, 0.2) is 5.78 Å². The second-order valence-corrected chi connectivity index (χ2v) is 13.6. The lowest BCUT2D eigenvalue weighted by atomic mass is 9.44. The van der Waals surface area contributed by atoms with Gasteiger partial charge in [-0.3, -0.25) is 4.79 Å². The van der Waals surface area contributed by atoms with Gasteiger partial charge in [0.2, 0.25) is 0 Å². The Labute approximate surface area is 199 Å². The molecule has 0 bridgehead atoms. The molecule has 0 aromatic heterocycles. The molecule has 3 fully saturated rings. The predicted octanol–water partition coefficient (Wildman–Crippen LogP) is 7.38. The molecule has 2 nitrogen and oxygen atoms in total. The van der Waals surface area contributed by atoms with Crippen molar-refractivity contribution in [3.8, 4) is 0 Å². The van der Waals surface area contributed by atoms with Crippen molar-refractivity contribution in [1.82, 2.24) is 4.90 Å². The highest BCUT2D eigenvalue weighted by Gasteiger charge is 2.60. The Hall–Kier alpha value is -0.630. The molecule has 0 heterocycles. The molecule has 0 amide bonds. The van der Waals surface area contributed by atoms with Gasteiger partial charge in [-0.05, 0) is 111 Å². The Morgan fingerprint density at radius 1 is 1.03 bits per heavy atom. The van der Waals surface area contributed by atoms with E-state index in [1.165, 1.54) is 56.9 Å². The van der Waals surface area contributed by atoms with Crippen molar-refractivity contribution in [2.75, 3.05) is 20.6 Å². The van der Waals surface area contributed by atoms with Crippen LogP contribution in [0.25, 0.3) is 0 Å². The molecule has 4 aliphatic carbocycles. The zero-order valence-corrected chi connectivity index (χ0v) is 22.3. The lowest BCUT2D eigenvalue weighted by Crippen LogP contribution is -2.54. The molecular formula is C30H51NO. The topological polar surface area (TPSA) is 20.3 Å². The summed E-state index contributed by atoms with van der Waals surface area (Å²) in [5.41, 5.74) is 2.34. The molecule has 182 valence electrons. The predicted molar refractivity (Wildman–Crippen MR) is 135 cm³/mol. The Balaban J connectivity index is 1.57. The van der Waals surface area contributed by atoms with Crippen LogP contribution in [0.5, 0.6) is 0 Å². The molecule has 4 aliphatic rings. The van der Waals surface area contributed by atoms with Gasteiger partial charge in [0, 0.05) is 13.0 Å². The molecule has 32 heavy (non-hydrogen) atoms. The van der Waals surface area contributed by atoms with Crippen LogP contribution in [-0.4, -0.2) is 31.3 Å². The average Bonchev–Trinajstić information content (AvgIpc) is 3.06. The number of hydrogen-bond donors (Lipinski definition) is 0. The molecule has 0 radical (unpaired) electrons. The summed E-state index contributed by atoms with van der Waals surface area (Å²) >= 11 is 0. The number of rotatable bonds is 7. The van der Waals surface area contributed by atoms with Crippen molar-refractivity contribution in [3.63, 3.8) is 0 Å². The van der Waals surface area contributed by atoms with E-state index in [1.54, 1.807) is 0 Å². The quantitative estimate of drug-likeness (QED) is 0.410. The highest BCUT2D eigenvalue weighted by molar-refractivity contribution is 5.91. The van der Waals surface area contributed by atoms with E-state index in [1.807, 2.05) is 0 Å². The minimum absolute atomic E-state index is 0.264. The number of carbonyl (C=O) groups is 1. The fourth-order valence-electron chi connectivity index (χ4n) is 9.42. The Morgan fingerprint density at radius 3 is 2.47 bits per heavy atom. The summed E-state index contributed by atoms with van der Waals surface area (Å²) in [7, 11) is 4.42. The first-order valence-electron chi connectivity index (χ1n) is 14.0. The zero-order valence-electron chi connectivity index (χ0n) is 22.3. The van der Waals surface area contributed by atoms with Crippen LogP contribution in [0.3, 0.4) is 0 Å². The van der Waals surface area contributed by atoms with E-state index in [-0.39, 0.29) is 5.41 Å². The van der Waals surface area contributed by atoms with Gasteiger partial charge >= 0.3 is 0 Å². The molecule has 0 saturated heterocycles. The van der Waals surface area contributed by atoms with Gasteiger partial charge in [-0.2, -0.15) is 0 Å². The van der Waals surface area contributed by atoms with Crippen LogP contribution in [0, 0.1) is 52.3 Å². The molecule has 8 atom stereocenters. The number of fused-ring (bicyclic) bond motifs is 5. The molecule has 4 rings (SSSR count). The Bertz CT molecular complexity index is 722. The van der Waals surface area contributed by atoms with Crippen molar-refractivity contribution < 1.29 is 4.79 Å². The summed E-state index contributed by atoms with van der Waals surface area (Å²) < 4.78 is 0.